The summed E-state index contributed by atoms with van der Waals surface area (Å²) >= 11 is 5.69. The van der Waals surface area contributed by atoms with E-state index in [-0.39, 0.29) is 5.69 Å². The summed E-state index contributed by atoms with van der Waals surface area (Å²) in [4.78, 5) is 14.2. The molecule has 2 rings (SSSR count). The van der Waals surface area contributed by atoms with Gasteiger partial charge in [0.25, 0.3) is 0 Å². The Balaban J connectivity index is 2.58. The van der Waals surface area contributed by atoms with Crippen LogP contribution >= 0.6 is 11.6 Å². The molecule has 0 amide bonds. The molecule has 0 aliphatic carbocycles. The molecule has 104 valence electrons. The van der Waals surface area contributed by atoms with E-state index in [1.165, 1.54) is 30.3 Å². The van der Waals surface area contributed by atoms with E-state index >= 15 is 0 Å². The number of carbonyl (C=O) groups is 1. The number of hydrogen-bond donors (Lipinski definition) is 1. The van der Waals surface area contributed by atoms with Gasteiger partial charge in [-0.2, -0.15) is 13.2 Å². The molecule has 1 aromatic heterocycles. The summed E-state index contributed by atoms with van der Waals surface area (Å²) in [6.45, 7) is 0. The standard InChI is InChI=1S/C13H7ClF3NO2/c14-8-3-1-7(2-4-8)10-6-5-9(12(19)20)11(18-10)13(15,16)17/h1-6H,(H,19,20). The highest BCUT2D eigenvalue weighted by Gasteiger charge is 2.37. The van der Waals surface area contributed by atoms with E-state index in [1.54, 1.807) is 0 Å². The van der Waals surface area contributed by atoms with Crippen molar-refractivity contribution in [2.45, 2.75) is 6.18 Å². The van der Waals surface area contributed by atoms with Gasteiger partial charge in [0.2, 0.25) is 0 Å². The van der Waals surface area contributed by atoms with Crippen LogP contribution in [0.4, 0.5) is 13.2 Å². The Labute approximate surface area is 116 Å². The molecular weight excluding hydrogens is 295 g/mol. The zero-order valence-corrected chi connectivity index (χ0v) is 10.5. The molecule has 0 atom stereocenters. The number of aromatic carboxylic acids is 1. The van der Waals surface area contributed by atoms with Crippen molar-refractivity contribution < 1.29 is 23.1 Å². The topological polar surface area (TPSA) is 50.2 Å². The third kappa shape index (κ3) is 2.91. The van der Waals surface area contributed by atoms with E-state index in [4.69, 9.17) is 16.7 Å². The lowest BCUT2D eigenvalue weighted by molar-refractivity contribution is -0.141. The Bertz CT molecular complexity index is 654. The van der Waals surface area contributed by atoms with Gasteiger partial charge >= 0.3 is 12.1 Å². The second kappa shape index (κ2) is 5.13. The Hall–Kier alpha value is -2.08. The summed E-state index contributed by atoms with van der Waals surface area (Å²) in [5.41, 5.74) is -1.86. The molecule has 0 saturated carbocycles. The molecular formula is C13H7ClF3NO2. The fourth-order valence-electron chi connectivity index (χ4n) is 1.63. The van der Waals surface area contributed by atoms with Gasteiger partial charge in [-0.15, -0.1) is 0 Å². The molecule has 7 heteroatoms. The molecule has 0 radical (unpaired) electrons. The van der Waals surface area contributed by atoms with E-state index < -0.39 is 23.4 Å². The van der Waals surface area contributed by atoms with Gasteiger partial charge in [-0.05, 0) is 24.3 Å². The number of benzene rings is 1. The van der Waals surface area contributed by atoms with Crippen LogP contribution in [-0.2, 0) is 6.18 Å². The molecule has 0 fully saturated rings. The fraction of sp³-hybridized carbons (Fsp3) is 0.0769. The second-order valence-corrected chi connectivity index (χ2v) is 4.34. The van der Waals surface area contributed by atoms with Crippen molar-refractivity contribution in [2.24, 2.45) is 0 Å². The Morgan fingerprint density at radius 3 is 2.20 bits per heavy atom. The van der Waals surface area contributed by atoms with Crippen LogP contribution in [0.2, 0.25) is 5.02 Å². The van der Waals surface area contributed by atoms with Crippen molar-refractivity contribution >= 4 is 17.6 Å². The first kappa shape index (κ1) is 14.3. The highest BCUT2D eigenvalue weighted by Crippen LogP contribution is 2.32. The van der Waals surface area contributed by atoms with Crippen LogP contribution < -0.4 is 0 Å². The van der Waals surface area contributed by atoms with Crippen molar-refractivity contribution in [1.29, 1.82) is 0 Å². The van der Waals surface area contributed by atoms with Crippen LogP contribution in [0.15, 0.2) is 36.4 Å². The average molecular weight is 302 g/mol. The number of nitrogens with zero attached hydrogens (tertiary/aromatic N) is 1. The van der Waals surface area contributed by atoms with Crippen LogP contribution in [0.1, 0.15) is 16.1 Å². The summed E-state index contributed by atoms with van der Waals surface area (Å²) in [7, 11) is 0. The maximum Gasteiger partial charge on any atom is 0.434 e. The summed E-state index contributed by atoms with van der Waals surface area (Å²) in [5.74, 6) is -1.67. The molecule has 0 saturated heterocycles. The van der Waals surface area contributed by atoms with Crippen molar-refractivity contribution in [2.75, 3.05) is 0 Å². The number of hydrogen-bond acceptors (Lipinski definition) is 2. The number of carboxylic acid groups (broad SMARTS) is 1. The predicted octanol–water partition coefficient (Wildman–Crippen LogP) is 4.12. The largest absolute Gasteiger partial charge is 0.478 e. The molecule has 0 spiro atoms. The summed E-state index contributed by atoms with van der Waals surface area (Å²) < 4.78 is 38.5. The molecule has 1 N–H and O–H groups in total. The van der Waals surface area contributed by atoms with Crippen molar-refractivity contribution in [3.8, 4) is 11.3 Å². The third-order valence-electron chi connectivity index (χ3n) is 2.53. The summed E-state index contributed by atoms with van der Waals surface area (Å²) in [5, 5.41) is 9.21. The Morgan fingerprint density at radius 2 is 1.70 bits per heavy atom. The van der Waals surface area contributed by atoms with E-state index in [0.29, 0.717) is 10.6 Å². The minimum atomic E-state index is -4.84. The highest BCUT2D eigenvalue weighted by molar-refractivity contribution is 6.30. The number of pyridine rings is 1. The quantitative estimate of drug-likeness (QED) is 0.907. The molecule has 20 heavy (non-hydrogen) atoms. The van der Waals surface area contributed by atoms with Gasteiger partial charge in [-0.1, -0.05) is 23.7 Å². The number of aromatic nitrogens is 1. The first-order valence-electron chi connectivity index (χ1n) is 5.36. The lowest BCUT2D eigenvalue weighted by Crippen LogP contribution is -2.15. The molecule has 0 aliphatic heterocycles. The Kier molecular flexibility index (Phi) is 3.67. The minimum Gasteiger partial charge on any atom is -0.478 e. The van der Waals surface area contributed by atoms with Gasteiger partial charge < -0.3 is 5.11 Å². The van der Waals surface area contributed by atoms with Gasteiger partial charge in [0, 0.05) is 10.6 Å². The van der Waals surface area contributed by atoms with Gasteiger partial charge in [-0.25, -0.2) is 9.78 Å². The van der Waals surface area contributed by atoms with E-state index in [1.807, 2.05) is 0 Å². The van der Waals surface area contributed by atoms with Crippen LogP contribution in [0.5, 0.6) is 0 Å². The monoisotopic (exact) mass is 301 g/mol. The van der Waals surface area contributed by atoms with Crippen LogP contribution in [0.3, 0.4) is 0 Å². The van der Waals surface area contributed by atoms with Crippen molar-refractivity contribution in [3.05, 3.63) is 52.7 Å². The highest BCUT2D eigenvalue weighted by atomic mass is 35.5. The number of alkyl halides is 3. The van der Waals surface area contributed by atoms with E-state index in [9.17, 15) is 18.0 Å². The maximum atomic E-state index is 12.8. The maximum absolute atomic E-state index is 12.8. The molecule has 0 bridgehead atoms. The van der Waals surface area contributed by atoms with E-state index in [0.717, 1.165) is 6.07 Å². The first-order chi connectivity index (χ1) is 9.29. The molecule has 0 unspecified atom stereocenters. The lowest BCUT2D eigenvalue weighted by atomic mass is 10.1. The lowest BCUT2D eigenvalue weighted by Gasteiger charge is -2.11. The van der Waals surface area contributed by atoms with Gasteiger partial charge in [0.15, 0.2) is 5.69 Å². The summed E-state index contributed by atoms with van der Waals surface area (Å²) in [6, 6.07) is 8.15. The van der Waals surface area contributed by atoms with E-state index in [2.05, 4.69) is 4.98 Å². The molecule has 2 aromatic rings. The fourth-order valence-corrected chi connectivity index (χ4v) is 1.76. The van der Waals surface area contributed by atoms with Gasteiger partial charge in [0.05, 0.1) is 11.3 Å². The second-order valence-electron chi connectivity index (χ2n) is 3.90. The molecule has 1 heterocycles. The number of rotatable bonds is 2. The zero-order chi connectivity index (χ0) is 14.9. The number of halogens is 4. The van der Waals surface area contributed by atoms with Crippen LogP contribution in [0, 0.1) is 0 Å². The Morgan fingerprint density at radius 1 is 1.10 bits per heavy atom. The molecule has 0 aliphatic rings. The first-order valence-corrected chi connectivity index (χ1v) is 5.74. The van der Waals surface area contributed by atoms with Gasteiger partial charge in [-0.3, -0.25) is 0 Å². The predicted molar refractivity (Wildman–Crippen MR) is 66.6 cm³/mol. The normalized spacial score (nSPS) is 11.4. The van der Waals surface area contributed by atoms with Crippen LogP contribution in [-0.4, -0.2) is 16.1 Å². The molecule has 1 aromatic carbocycles. The van der Waals surface area contributed by atoms with Gasteiger partial charge in [0.1, 0.15) is 0 Å². The van der Waals surface area contributed by atoms with Crippen molar-refractivity contribution in [1.82, 2.24) is 4.98 Å². The molecule has 3 nitrogen and oxygen atoms in total. The average Bonchev–Trinajstić information content (AvgIpc) is 2.38. The van der Waals surface area contributed by atoms with Crippen LogP contribution in [0.25, 0.3) is 11.3 Å². The van der Waals surface area contributed by atoms with Crippen molar-refractivity contribution in [3.63, 3.8) is 0 Å². The summed E-state index contributed by atoms with van der Waals surface area (Å²) in [6.07, 6.45) is -4.84. The zero-order valence-electron chi connectivity index (χ0n) is 9.78. The minimum absolute atomic E-state index is 0.0268. The third-order valence-corrected chi connectivity index (χ3v) is 2.79. The smallest absolute Gasteiger partial charge is 0.434 e. The SMILES string of the molecule is O=C(O)c1ccc(-c2ccc(Cl)cc2)nc1C(F)(F)F. The number of carboxylic acids is 1.